The molecule has 0 spiro atoms. The van der Waals surface area contributed by atoms with Crippen LogP contribution in [0.25, 0.3) is 0 Å². The van der Waals surface area contributed by atoms with E-state index in [1.165, 1.54) is 0 Å². The van der Waals surface area contributed by atoms with Crippen LogP contribution in [0.5, 0.6) is 0 Å². The number of carbonyl (C=O) groups excluding carboxylic acids is 1. The second kappa shape index (κ2) is 5.74. The van der Waals surface area contributed by atoms with Gasteiger partial charge in [0.1, 0.15) is 0 Å². The van der Waals surface area contributed by atoms with Crippen LogP contribution in [-0.4, -0.2) is 17.0 Å². The third-order valence-corrected chi connectivity index (χ3v) is 2.64. The van der Waals surface area contributed by atoms with Gasteiger partial charge in [0.2, 0.25) is 0 Å². The zero-order chi connectivity index (χ0) is 12.8. The summed E-state index contributed by atoms with van der Waals surface area (Å²) in [6, 6.07) is 10.9. The number of terminal acetylenes is 1. The van der Waals surface area contributed by atoms with E-state index >= 15 is 0 Å². The average molecular weight is 238 g/mol. The van der Waals surface area contributed by atoms with Gasteiger partial charge in [-0.25, -0.2) is 0 Å². The number of amides is 1. The summed E-state index contributed by atoms with van der Waals surface area (Å²) in [7, 11) is 0. The largest absolute Gasteiger partial charge is 0.353 e. The Hall–Kier alpha value is -2.47. The molecule has 2 rings (SSSR count). The lowest BCUT2D eigenvalue weighted by Gasteiger charge is -2.06. The van der Waals surface area contributed by atoms with Crippen LogP contribution in [0.15, 0.2) is 48.8 Å². The topological polar surface area (TPSA) is 34.0 Å². The molecule has 1 aromatic carbocycles. The normalized spacial score (nSPS) is 9.72. The number of carbonyl (C=O) groups is 1. The molecule has 0 radical (unpaired) electrons. The Morgan fingerprint density at radius 1 is 1.22 bits per heavy atom. The van der Waals surface area contributed by atoms with E-state index in [2.05, 4.69) is 11.2 Å². The third-order valence-electron chi connectivity index (χ3n) is 2.64. The number of aromatic nitrogens is 1. The van der Waals surface area contributed by atoms with Gasteiger partial charge in [-0.15, -0.1) is 6.42 Å². The predicted molar refractivity (Wildman–Crippen MR) is 71.1 cm³/mol. The first kappa shape index (κ1) is 12.0. The van der Waals surface area contributed by atoms with Gasteiger partial charge in [-0.3, -0.25) is 4.79 Å². The van der Waals surface area contributed by atoms with E-state index in [0.717, 1.165) is 12.1 Å². The summed E-state index contributed by atoms with van der Waals surface area (Å²) in [5.41, 5.74) is 1.40. The Bertz CT molecular complexity index is 547. The van der Waals surface area contributed by atoms with Gasteiger partial charge in [0.25, 0.3) is 5.91 Å². The lowest BCUT2D eigenvalue weighted by Crippen LogP contribution is -2.26. The maximum atomic E-state index is 11.8. The summed E-state index contributed by atoms with van der Waals surface area (Å²) >= 11 is 0. The number of hydrogen-bond acceptors (Lipinski definition) is 1. The van der Waals surface area contributed by atoms with Crippen LogP contribution in [0.2, 0.25) is 0 Å². The standard InChI is InChI=1S/C15H14N2O/c1-2-13-5-7-14(8-6-13)15(18)16-9-12-17-10-3-4-11-17/h1,3-8,10-11H,9,12H2,(H,16,18). The minimum atomic E-state index is -0.0780. The highest BCUT2D eigenvalue weighted by Gasteiger charge is 2.03. The number of nitrogens with zero attached hydrogens (tertiary/aromatic N) is 1. The molecule has 1 N–H and O–H groups in total. The second-order valence-electron chi connectivity index (χ2n) is 3.90. The fourth-order valence-corrected chi connectivity index (χ4v) is 1.64. The number of rotatable bonds is 4. The summed E-state index contributed by atoms with van der Waals surface area (Å²) in [5.74, 6) is 2.44. The lowest BCUT2D eigenvalue weighted by molar-refractivity contribution is 0.0952. The average Bonchev–Trinajstić information content (AvgIpc) is 2.92. The van der Waals surface area contributed by atoms with Gasteiger partial charge < -0.3 is 9.88 Å². The SMILES string of the molecule is C#Cc1ccc(C(=O)NCCn2cccc2)cc1. The fraction of sp³-hybridized carbons (Fsp3) is 0.133. The molecule has 0 unspecified atom stereocenters. The van der Waals surface area contributed by atoms with Crippen LogP contribution in [-0.2, 0) is 6.54 Å². The Morgan fingerprint density at radius 3 is 2.50 bits per heavy atom. The highest BCUT2D eigenvalue weighted by molar-refractivity contribution is 5.94. The maximum absolute atomic E-state index is 11.8. The molecule has 90 valence electrons. The van der Waals surface area contributed by atoms with Crippen molar-refractivity contribution >= 4 is 5.91 Å². The molecule has 0 aliphatic heterocycles. The summed E-state index contributed by atoms with van der Waals surface area (Å²) in [5, 5.41) is 2.86. The van der Waals surface area contributed by atoms with E-state index in [1.54, 1.807) is 24.3 Å². The molecule has 2 aromatic rings. The molecule has 0 saturated heterocycles. The van der Waals surface area contributed by atoms with E-state index in [9.17, 15) is 4.79 Å². The predicted octanol–water partition coefficient (Wildman–Crippen LogP) is 1.90. The Labute approximate surface area is 106 Å². The van der Waals surface area contributed by atoms with Crippen molar-refractivity contribution in [3.05, 3.63) is 59.9 Å². The first-order chi connectivity index (χ1) is 8.79. The highest BCUT2D eigenvalue weighted by atomic mass is 16.1. The Morgan fingerprint density at radius 2 is 1.89 bits per heavy atom. The number of nitrogens with one attached hydrogen (secondary N) is 1. The zero-order valence-corrected chi connectivity index (χ0v) is 9.97. The van der Waals surface area contributed by atoms with Crippen LogP contribution in [0, 0.1) is 12.3 Å². The van der Waals surface area contributed by atoms with E-state index < -0.39 is 0 Å². The van der Waals surface area contributed by atoms with Crippen molar-refractivity contribution in [2.75, 3.05) is 6.54 Å². The smallest absolute Gasteiger partial charge is 0.251 e. The minimum Gasteiger partial charge on any atom is -0.353 e. The molecule has 1 amide bonds. The summed E-state index contributed by atoms with van der Waals surface area (Å²) in [6.07, 6.45) is 9.19. The molecule has 0 bridgehead atoms. The van der Waals surface area contributed by atoms with E-state index in [0.29, 0.717) is 12.1 Å². The maximum Gasteiger partial charge on any atom is 0.251 e. The highest BCUT2D eigenvalue weighted by Crippen LogP contribution is 2.02. The van der Waals surface area contributed by atoms with Crippen molar-refractivity contribution in [1.29, 1.82) is 0 Å². The molecule has 3 heteroatoms. The lowest BCUT2D eigenvalue weighted by atomic mass is 10.1. The first-order valence-electron chi connectivity index (χ1n) is 5.75. The van der Waals surface area contributed by atoms with Crippen LogP contribution < -0.4 is 5.32 Å². The van der Waals surface area contributed by atoms with Crippen LogP contribution >= 0.6 is 0 Å². The van der Waals surface area contributed by atoms with Crippen molar-refractivity contribution < 1.29 is 4.79 Å². The van der Waals surface area contributed by atoms with Crippen LogP contribution in [0.4, 0.5) is 0 Å². The van der Waals surface area contributed by atoms with E-state index in [-0.39, 0.29) is 5.91 Å². The van der Waals surface area contributed by atoms with Gasteiger partial charge in [0.05, 0.1) is 0 Å². The summed E-state index contributed by atoms with van der Waals surface area (Å²) in [4.78, 5) is 11.8. The molecular formula is C15H14N2O. The summed E-state index contributed by atoms with van der Waals surface area (Å²) in [6.45, 7) is 1.37. The van der Waals surface area contributed by atoms with Crippen LogP contribution in [0.1, 0.15) is 15.9 Å². The molecule has 3 nitrogen and oxygen atoms in total. The molecule has 0 aliphatic carbocycles. The zero-order valence-electron chi connectivity index (χ0n) is 9.97. The number of hydrogen-bond donors (Lipinski definition) is 1. The molecule has 0 atom stereocenters. The molecule has 1 aromatic heterocycles. The van der Waals surface area contributed by atoms with Gasteiger partial charge in [0.15, 0.2) is 0 Å². The quantitative estimate of drug-likeness (QED) is 0.811. The fourth-order valence-electron chi connectivity index (χ4n) is 1.64. The van der Waals surface area contributed by atoms with Gasteiger partial charge in [0, 0.05) is 36.6 Å². The second-order valence-corrected chi connectivity index (χ2v) is 3.90. The van der Waals surface area contributed by atoms with E-state index in [1.807, 2.05) is 29.1 Å². The van der Waals surface area contributed by atoms with Crippen molar-refractivity contribution in [3.63, 3.8) is 0 Å². The molecule has 18 heavy (non-hydrogen) atoms. The van der Waals surface area contributed by atoms with Gasteiger partial charge >= 0.3 is 0 Å². The number of benzene rings is 1. The van der Waals surface area contributed by atoms with E-state index in [4.69, 9.17) is 6.42 Å². The van der Waals surface area contributed by atoms with Crippen molar-refractivity contribution in [2.24, 2.45) is 0 Å². The molecule has 0 fully saturated rings. The van der Waals surface area contributed by atoms with Crippen LogP contribution in [0.3, 0.4) is 0 Å². The molecule has 0 aliphatic rings. The monoisotopic (exact) mass is 238 g/mol. The molecule has 0 saturated carbocycles. The summed E-state index contributed by atoms with van der Waals surface area (Å²) < 4.78 is 2.02. The van der Waals surface area contributed by atoms with Gasteiger partial charge in [-0.2, -0.15) is 0 Å². The van der Waals surface area contributed by atoms with Gasteiger partial charge in [-0.05, 0) is 36.4 Å². The molecular weight excluding hydrogens is 224 g/mol. The Balaban J connectivity index is 1.86. The third kappa shape index (κ3) is 3.02. The molecule has 1 heterocycles. The minimum absolute atomic E-state index is 0.0780. The van der Waals surface area contributed by atoms with Crippen molar-refractivity contribution in [3.8, 4) is 12.3 Å². The van der Waals surface area contributed by atoms with Gasteiger partial charge in [-0.1, -0.05) is 5.92 Å². The van der Waals surface area contributed by atoms with Crippen molar-refractivity contribution in [1.82, 2.24) is 9.88 Å². The van der Waals surface area contributed by atoms with Crippen molar-refractivity contribution in [2.45, 2.75) is 6.54 Å². The Kier molecular flexibility index (Phi) is 3.83. The first-order valence-corrected chi connectivity index (χ1v) is 5.75.